The van der Waals surface area contributed by atoms with Gasteiger partial charge >= 0.3 is 0 Å². The molecule has 0 atom stereocenters. The number of carbonyl (C=O) groups is 2. The smallest absolute Gasteiger partial charge is 0.242 e. The van der Waals surface area contributed by atoms with Gasteiger partial charge in [-0.3, -0.25) is 9.59 Å². The molecule has 2 amide bonds. The van der Waals surface area contributed by atoms with Gasteiger partial charge in [0, 0.05) is 30.7 Å². The van der Waals surface area contributed by atoms with Crippen molar-refractivity contribution in [3.05, 3.63) is 64.7 Å². The maximum absolute atomic E-state index is 12.7. The lowest BCUT2D eigenvalue weighted by molar-refractivity contribution is -0.131. The van der Waals surface area contributed by atoms with E-state index in [0.29, 0.717) is 23.8 Å². The number of benzene rings is 2. The zero-order chi connectivity index (χ0) is 18.4. The lowest BCUT2D eigenvalue weighted by Gasteiger charge is -2.26. The van der Waals surface area contributed by atoms with E-state index in [1.165, 1.54) is 11.8 Å². The van der Waals surface area contributed by atoms with E-state index in [9.17, 15) is 9.59 Å². The van der Waals surface area contributed by atoms with Crippen LogP contribution in [0, 0.1) is 6.92 Å². The van der Waals surface area contributed by atoms with E-state index in [1.54, 1.807) is 11.0 Å². The summed E-state index contributed by atoms with van der Waals surface area (Å²) in [6, 6.07) is 15.2. The predicted molar refractivity (Wildman–Crippen MR) is 102 cm³/mol. The van der Waals surface area contributed by atoms with E-state index in [0.717, 1.165) is 11.1 Å². The minimum absolute atomic E-state index is 0.00457. The van der Waals surface area contributed by atoms with E-state index in [1.807, 2.05) is 56.3 Å². The van der Waals surface area contributed by atoms with Crippen LogP contribution in [0.2, 0.25) is 5.02 Å². The van der Waals surface area contributed by atoms with E-state index >= 15 is 0 Å². The topological polar surface area (TPSA) is 40.6 Å². The van der Waals surface area contributed by atoms with E-state index < -0.39 is 0 Å². The fraction of sp³-hybridized carbons (Fsp3) is 0.300. The molecule has 0 heterocycles. The molecule has 0 aliphatic heterocycles. The van der Waals surface area contributed by atoms with Gasteiger partial charge in [-0.05, 0) is 37.1 Å². The molecule has 0 aliphatic carbocycles. The highest BCUT2D eigenvalue weighted by atomic mass is 35.5. The van der Waals surface area contributed by atoms with Crippen LogP contribution >= 0.6 is 11.6 Å². The molecule has 0 aromatic heterocycles. The van der Waals surface area contributed by atoms with Gasteiger partial charge in [-0.2, -0.15) is 0 Å². The monoisotopic (exact) mass is 358 g/mol. The average Bonchev–Trinajstić information content (AvgIpc) is 2.60. The van der Waals surface area contributed by atoms with Crippen molar-refractivity contribution in [2.45, 2.75) is 27.3 Å². The SMILES string of the molecule is CCN(Cc1ccccc1)C(=O)CN(C(C)=O)c1ccc(C)c(Cl)c1. The number of amides is 2. The van der Waals surface area contributed by atoms with Gasteiger partial charge in [-0.15, -0.1) is 0 Å². The number of aryl methyl sites for hydroxylation is 1. The summed E-state index contributed by atoms with van der Waals surface area (Å²) in [7, 11) is 0. The number of carbonyl (C=O) groups excluding carboxylic acids is 2. The quantitative estimate of drug-likeness (QED) is 0.781. The highest BCUT2D eigenvalue weighted by Crippen LogP contribution is 2.23. The first-order chi connectivity index (χ1) is 11.9. The lowest BCUT2D eigenvalue weighted by atomic mass is 10.2. The largest absolute Gasteiger partial charge is 0.337 e. The number of anilines is 1. The molecule has 0 saturated carbocycles. The molecule has 2 rings (SSSR count). The van der Waals surface area contributed by atoms with Gasteiger partial charge in [0.1, 0.15) is 6.54 Å². The van der Waals surface area contributed by atoms with Gasteiger partial charge in [-0.1, -0.05) is 48.0 Å². The molecule has 0 aliphatic rings. The van der Waals surface area contributed by atoms with Crippen LogP contribution in [0.4, 0.5) is 5.69 Å². The molecule has 5 heteroatoms. The molecule has 2 aromatic carbocycles. The van der Waals surface area contributed by atoms with E-state index in [-0.39, 0.29) is 18.4 Å². The van der Waals surface area contributed by atoms with Crippen LogP contribution in [-0.4, -0.2) is 29.8 Å². The van der Waals surface area contributed by atoms with Gasteiger partial charge in [0.25, 0.3) is 0 Å². The molecule has 0 unspecified atom stereocenters. The summed E-state index contributed by atoms with van der Waals surface area (Å²) in [5, 5.41) is 0.577. The fourth-order valence-corrected chi connectivity index (χ4v) is 2.72. The zero-order valence-electron chi connectivity index (χ0n) is 14.8. The van der Waals surface area contributed by atoms with Crippen molar-refractivity contribution in [2.75, 3.05) is 18.0 Å². The standard InChI is InChI=1S/C20H23ClN2O2/c1-4-22(13-17-8-6-5-7-9-17)20(25)14-23(16(3)24)18-11-10-15(2)19(21)12-18/h5-12H,4,13-14H2,1-3H3. The summed E-state index contributed by atoms with van der Waals surface area (Å²) in [6.07, 6.45) is 0. The van der Waals surface area contributed by atoms with Gasteiger partial charge < -0.3 is 9.80 Å². The van der Waals surface area contributed by atoms with Crippen LogP contribution in [0.1, 0.15) is 25.0 Å². The Morgan fingerprint density at radius 1 is 1.08 bits per heavy atom. The molecule has 0 bridgehead atoms. The van der Waals surface area contributed by atoms with Crippen LogP contribution in [0.25, 0.3) is 0 Å². The van der Waals surface area contributed by atoms with Crippen molar-refractivity contribution in [3.63, 3.8) is 0 Å². The normalized spacial score (nSPS) is 10.4. The maximum atomic E-state index is 12.7. The molecule has 25 heavy (non-hydrogen) atoms. The molecule has 0 saturated heterocycles. The molecule has 0 radical (unpaired) electrons. The zero-order valence-corrected chi connectivity index (χ0v) is 15.6. The Kier molecular flexibility index (Phi) is 6.59. The molecule has 132 valence electrons. The van der Waals surface area contributed by atoms with Crippen LogP contribution in [0.15, 0.2) is 48.5 Å². The van der Waals surface area contributed by atoms with Crippen LogP contribution in [0.5, 0.6) is 0 Å². The second-order valence-corrected chi connectivity index (χ2v) is 6.34. The van der Waals surface area contributed by atoms with Crippen LogP contribution in [0.3, 0.4) is 0 Å². The van der Waals surface area contributed by atoms with Gasteiger partial charge in [0.2, 0.25) is 11.8 Å². The molecular formula is C20H23ClN2O2. The van der Waals surface area contributed by atoms with E-state index in [2.05, 4.69) is 0 Å². The molecular weight excluding hydrogens is 336 g/mol. The highest BCUT2D eigenvalue weighted by molar-refractivity contribution is 6.31. The first kappa shape index (κ1) is 19.0. The summed E-state index contributed by atoms with van der Waals surface area (Å²) in [5.41, 5.74) is 2.62. The Labute approximate surface area is 154 Å². The van der Waals surface area contributed by atoms with Crippen LogP contribution < -0.4 is 4.90 Å². The Morgan fingerprint density at radius 3 is 2.32 bits per heavy atom. The molecule has 0 spiro atoms. The maximum Gasteiger partial charge on any atom is 0.242 e. The Bertz CT molecular complexity index is 747. The van der Waals surface area contributed by atoms with Crippen molar-refractivity contribution in [1.82, 2.24) is 4.90 Å². The van der Waals surface area contributed by atoms with Crippen molar-refractivity contribution in [1.29, 1.82) is 0 Å². The second-order valence-electron chi connectivity index (χ2n) is 5.93. The number of halogens is 1. The molecule has 2 aromatic rings. The molecule has 0 fully saturated rings. The summed E-state index contributed by atoms with van der Waals surface area (Å²) < 4.78 is 0. The average molecular weight is 359 g/mol. The lowest BCUT2D eigenvalue weighted by Crippen LogP contribution is -2.42. The molecule has 4 nitrogen and oxygen atoms in total. The fourth-order valence-electron chi connectivity index (χ4n) is 2.55. The predicted octanol–water partition coefficient (Wildman–Crippen LogP) is 4.05. The summed E-state index contributed by atoms with van der Waals surface area (Å²) >= 11 is 6.16. The van der Waals surface area contributed by atoms with Crippen LogP contribution in [-0.2, 0) is 16.1 Å². The second kappa shape index (κ2) is 8.67. The summed E-state index contributed by atoms with van der Waals surface area (Å²) in [6.45, 7) is 6.38. The number of likely N-dealkylation sites (N-methyl/N-ethyl adjacent to an activating group) is 1. The van der Waals surface area contributed by atoms with Crippen molar-refractivity contribution in [3.8, 4) is 0 Å². The minimum Gasteiger partial charge on any atom is -0.337 e. The minimum atomic E-state index is -0.191. The Morgan fingerprint density at radius 2 is 1.76 bits per heavy atom. The third kappa shape index (κ3) is 5.07. The molecule has 0 N–H and O–H groups in total. The number of rotatable bonds is 6. The Hall–Kier alpha value is -2.33. The first-order valence-electron chi connectivity index (χ1n) is 8.28. The Balaban J connectivity index is 2.15. The third-order valence-electron chi connectivity index (χ3n) is 4.09. The number of hydrogen-bond acceptors (Lipinski definition) is 2. The van der Waals surface area contributed by atoms with Gasteiger partial charge in [0.15, 0.2) is 0 Å². The number of hydrogen-bond donors (Lipinski definition) is 0. The van der Waals surface area contributed by atoms with Crippen molar-refractivity contribution >= 4 is 29.1 Å². The van der Waals surface area contributed by atoms with Gasteiger partial charge in [-0.25, -0.2) is 0 Å². The van der Waals surface area contributed by atoms with Crippen molar-refractivity contribution in [2.24, 2.45) is 0 Å². The van der Waals surface area contributed by atoms with Crippen molar-refractivity contribution < 1.29 is 9.59 Å². The number of nitrogens with zero attached hydrogens (tertiary/aromatic N) is 2. The third-order valence-corrected chi connectivity index (χ3v) is 4.50. The first-order valence-corrected chi connectivity index (χ1v) is 8.66. The van der Waals surface area contributed by atoms with Gasteiger partial charge in [0.05, 0.1) is 0 Å². The van der Waals surface area contributed by atoms with E-state index in [4.69, 9.17) is 11.6 Å². The highest BCUT2D eigenvalue weighted by Gasteiger charge is 2.20. The summed E-state index contributed by atoms with van der Waals surface area (Å²) in [5.74, 6) is -0.290. The summed E-state index contributed by atoms with van der Waals surface area (Å²) in [4.78, 5) is 28.0.